The van der Waals surface area contributed by atoms with Gasteiger partial charge in [0.2, 0.25) is 0 Å². The number of carbonyl (C=O) groups excluding carboxylic acids is 3. The highest BCUT2D eigenvalue weighted by Crippen LogP contribution is 2.52. The number of nitrogens with zero attached hydrogens (tertiary/aromatic N) is 3. The molecule has 3 saturated carbocycles. The van der Waals surface area contributed by atoms with Crippen LogP contribution in [0, 0.1) is 44.3 Å². The van der Waals surface area contributed by atoms with Gasteiger partial charge in [-0.3, -0.25) is 0 Å². The third-order valence-electron chi connectivity index (χ3n) is 13.4. The summed E-state index contributed by atoms with van der Waals surface area (Å²) in [6.45, 7) is 32.3. The minimum atomic E-state index is -0.821. The van der Waals surface area contributed by atoms with Crippen molar-refractivity contribution in [3.05, 3.63) is 68.5 Å². The van der Waals surface area contributed by atoms with E-state index in [1.165, 1.54) is 13.7 Å². The SMILES string of the molecule is C=CC(=O)OCCOC(=O)NC1CC(C)(C)CC(C)(Cn2c(=O)n(CC3(C)CC(CC)CC(C)(C)C3)c(=O)n(CC3(C)CC(C(=C)COC(=O)C(=C)NOO)CC(C)(C)C3)c2=O)C1. The van der Waals surface area contributed by atoms with Crippen LogP contribution in [0.2, 0.25) is 0 Å². The van der Waals surface area contributed by atoms with E-state index in [0.29, 0.717) is 43.6 Å². The van der Waals surface area contributed by atoms with Gasteiger partial charge in [-0.05, 0) is 108 Å². The molecule has 3 aliphatic rings. The summed E-state index contributed by atoms with van der Waals surface area (Å²) >= 11 is 0. The van der Waals surface area contributed by atoms with Crippen molar-refractivity contribution in [2.24, 2.45) is 44.3 Å². The molecule has 16 nitrogen and oxygen atoms in total. The Morgan fingerprint density at radius 2 is 1.17 bits per heavy atom. The van der Waals surface area contributed by atoms with Crippen LogP contribution in [0.3, 0.4) is 0 Å². The molecule has 0 saturated heterocycles. The average molecular weight is 886 g/mol. The molecule has 0 spiro atoms. The van der Waals surface area contributed by atoms with Gasteiger partial charge in [0, 0.05) is 31.8 Å². The number of hydrogen-bond donors (Lipinski definition) is 3. The van der Waals surface area contributed by atoms with Crippen LogP contribution in [0.4, 0.5) is 4.79 Å². The first-order chi connectivity index (χ1) is 29.1. The van der Waals surface area contributed by atoms with Gasteiger partial charge in [0.05, 0.1) is 0 Å². The summed E-state index contributed by atoms with van der Waals surface area (Å²) in [6.07, 6.45) is 7.68. The van der Waals surface area contributed by atoms with Crippen molar-refractivity contribution in [3.63, 3.8) is 0 Å². The van der Waals surface area contributed by atoms with Gasteiger partial charge in [0.15, 0.2) is 0 Å². The summed E-state index contributed by atoms with van der Waals surface area (Å²) in [5, 5.41) is 11.6. The minimum Gasteiger partial charge on any atom is -0.459 e. The summed E-state index contributed by atoms with van der Waals surface area (Å²) in [5.74, 6) is -1.15. The number of esters is 2. The molecule has 3 fully saturated rings. The maximum Gasteiger partial charge on any atom is 0.407 e. The molecular weight excluding hydrogens is 811 g/mol. The third kappa shape index (κ3) is 13.8. The van der Waals surface area contributed by atoms with E-state index in [1.54, 1.807) is 0 Å². The van der Waals surface area contributed by atoms with Gasteiger partial charge in [-0.15, -0.1) is 4.99 Å². The zero-order chi connectivity index (χ0) is 47.3. The number of amides is 1. The number of rotatable bonds is 18. The summed E-state index contributed by atoms with van der Waals surface area (Å²) in [6, 6.07) is -0.356. The molecule has 0 aliphatic heterocycles. The Hall–Kier alpha value is -4.44. The number of hydrogen-bond acceptors (Lipinski definition) is 12. The predicted molar refractivity (Wildman–Crippen MR) is 239 cm³/mol. The topological polar surface area (TPSA) is 198 Å². The van der Waals surface area contributed by atoms with Crippen LogP contribution in [0.25, 0.3) is 0 Å². The molecule has 1 amide bonds. The molecule has 16 heteroatoms. The monoisotopic (exact) mass is 886 g/mol. The summed E-state index contributed by atoms with van der Waals surface area (Å²) < 4.78 is 19.4. The number of nitrogens with one attached hydrogen (secondary N) is 2. The normalized spacial score (nSPS) is 28.5. The molecule has 1 aromatic heterocycles. The van der Waals surface area contributed by atoms with Gasteiger partial charge in [-0.2, -0.15) is 0 Å². The lowest BCUT2D eigenvalue weighted by atomic mass is 9.59. The van der Waals surface area contributed by atoms with Gasteiger partial charge >= 0.3 is 35.1 Å². The molecule has 6 unspecified atom stereocenters. The highest BCUT2D eigenvalue weighted by atomic mass is 17.2. The quantitative estimate of drug-likeness (QED) is 0.0263. The van der Waals surface area contributed by atoms with Crippen molar-refractivity contribution < 1.29 is 38.8 Å². The first-order valence-corrected chi connectivity index (χ1v) is 22.3. The Labute approximate surface area is 372 Å². The summed E-state index contributed by atoms with van der Waals surface area (Å²) in [7, 11) is 0. The highest BCUT2D eigenvalue weighted by molar-refractivity contribution is 5.86. The van der Waals surface area contributed by atoms with Gasteiger partial charge in [0.1, 0.15) is 25.5 Å². The fraction of sp³-hybridized carbons (Fsp3) is 0.745. The van der Waals surface area contributed by atoms with Crippen molar-refractivity contribution in [1.82, 2.24) is 24.5 Å². The summed E-state index contributed by atoms with van der Waals surface area (Å²) in [4.78, 5) is 85.2. The standard InChI is InChI=1S/C47H75N5O11/c1-14-33-18-42(5,6)25-45(11,19-33)28-50-39(56)51(29-46(12)21-34(20-43(7,8)26-46)31(3)24-62-37(54)32(4)49-63-59)41(58)52(40(50)57)30-47(13)23-35(22-44(9,10)27-47)48-38(55)61-17-16-60-36(53)15-2/h15,33-35,49,59H,2-4,14,16-30H2,1,5-13H3,(H,48,55). The van der Waals surface area contributed by atoms with Crippen molar-refractivity contribution in [1.29, 1.82) is 0 Å². The average Bonchev–Trinajstić information content (AvgIpc) is 3.15. The van der Waals surface area contributed by atoms with E-state index in [-0.39, 0.29) is 78.8 Å². The second kappa shape index (κ2) is 19.7. The molecule has 0 radical (unpaired) electrons. The first-order valence-electron chi connectivity index (χ1n) is 22.3. The van der Waals surface area contributed by atoms with E-state index < -0.39 is 45.9 Å². The van der Waals surface area contributed by atoms with E-state index in [0.717, 1.165) is 38.2 Å². The lowest BCUT2D eigenvalue weighted by Gasteiger charge is -2.48. The second-order valence-corrected chi connectivity index (χ2v) is 22.5. The van der Waals surface area contributed by atoms with Crippen molar-refractivity contribution >= 4 is 18.0 Å². The fourth-order valence-corrected chi connectivity index (χ4v) is 12.4. The Balaban J connectivity index is 1.74. The largest absolute Gasteiger partial charge is 0.459 e. The zero-order valence-electron chi connectivity index (χ0n) is 39.6. The fourth-order valence-electron chi connectivity index (χ4n) is 12.4. The smallest absolute Gasteiger partial charge is 0.407 e. The second-order valence-electron chi connectivity index (χ2n) is 22.5. The predicted octanol–water partition coefficient (Wildman–Crippen LogP) is 6.89. The first kappa shape index (κ1) is 51.2. The highest BCUT2D eigenvalue weighted by Gasteiger charge is 2.46. The number of carbonyl (C=O) groups is 3. The molecule has 3 N–H and O–H groups in total. The Kier molecular flexibility index (Phi) is 16.0. The lowest BCUT2D eigenvalue weighted by molar-refractivity contribution is -0.283. The Morgan fingerprint density at radius 1 is 0.698 bits per heavy atom. The Morgan fingerprint density at radius 3 is 1.68 bits per heavy atom. The van der Waals surface area contributed by atoms with E-state index >= 15 is 0 Å². The molecule has 1 heterocycles. The number of aromatic nitrogens is 3. The molecular formula is C47H75N5O11. The van der Waals surface area contributed by atoms with Gasteiger partial charge in [0.25, 0.3) is 0 Å². The lowest BCUT2D eigenvalue weighted by Crippen LogP contribution is -2.59. The van der Waals surface area contributed by atoms with Gasteiger partial charge < -0.3 is 19.5 Å². The molecule has 1 aromatic rings. The van der Waals surface area contributed by atoms with Crippen molar-refractivity contribution in [3.8, 4) is 0 Å². The van der Waals surface area contributed by atoms with Crippen LogP contribution in [-0.4, -0.2) is 62.9 Å². The van der Waals surface area contributed by atoms with Gasteiger partial charge in [-0.1, -0.05) is 95.4 Å². The van der Waals surface area contributed by atoms with Crippen LogP contribution < -0.4 is 27.9 Å². The molecule has 63 heavy (non-hydrogen) atoms. The zero-order valence-corrected chi connectivity index (χ0v) is 39.6. The van der Waals surface area contributed by atoms with Crippen molar-refractivity contribution in [2.75, 3.05) is 19.8 Å². The van der Waals surface area contributed by atoms with E-state index in [2.05, 4.69) is 92.4 Å². The van der Waals surface area contributed by atoms with E-state index in [4.69, 9.17) is 19.5 Å². The molecule has 6 atom stereocenters. The van der Waals surface area contributed by atoms with Gasteiger partial charge in [-0.25, -0.2) is 53.2 Å². The number of hydroxylamine groups is 1. The molecule has 0 aromatic carbocycles. The summed E-state index contributed by atoms with van der Waals surface area (Å²) in [5.41, 5.74) is -1.84. The van der Waals surface area contributed by atoms with Crippen LogP contribution in [-0.2, 0) is 48.4 Å². The van der Waals surface area contributed by atoms with Crippen LogP contribution in [0.5, 0.6) is 0 Å². The van der Waals surface area contributed by atoms with Crippen molar-refractivity contribution in [2.45, 2.75) is 159 Å². The maximum atomic E-state index is 14.9. The molecule has 3 aliphatic carbocycles. The third-order valence-corrected chi connectivity index (χ3v) is 13.4. The van der Waals surface area contributed by atoms with E-state index in [1.807, 2.05) is 12.4 Å². The molecule has 0 bridgehead atoms. The number of ether oxygens (including phenoxy) is 3. The van der Waals surface area contributed by atoms with Crippen LogP contribution in [0.15, 0.2) is 51.5 Å². The maximum absolute atomic E-state index is 14.9. The minimum absolute atomic E-state index is 0.00559. The van der Waals surface area contributed by atoms with Crippen LogP contribution in [0.1, 0.15) is 133 Å². The number of alkyl carbamates (subject to hydrolysis) is 1. The van der Waals surface area contributed by atoms with Crippen LogP contribution >= 0.6 is 0 Å². The van der Waals surface area contributed by atoms with E-state index in [9.17, 15) is 28.8 Å². The Bertz CT molecular complexity index is 2080. The molecule has 354 valence electrons. The molecule has 4 rings (SSSR count).